The number of guanidine groups is 1. The zero-order valence-electron chi connectivity index (χ0n) is 17.2. The van der Waals surface area contributed by atoms with Crippen molar-refractivity contribution in [2.45, 2.75) is 71.2 Å². The van der Waals surface area contributed by atoms with E-state index in [2.05, 4.69) is 45.8 Å². The molecule has 1 aliphatic carbocycles. The van der Waals surface area contributed by atoms with Crippen molar-refractivity contribution < 1.29 is 4.74 Å². The van der Waals surface area contributed by atoms with E-state index in [9.17, 15) is 0 Å². The number of rotatable bonds is 6. The summed E-state index contributed by atoms with van der Waals surface area (Å²) in [6, 6.07) is 8.54. The van der Waals surface area contributed by atoms with Gasteiger partial charge in [-0.2, -0.15) is 5.10 Å². The summed E-state index contributed by atoms with van der Waals surface area (Å²) in [5.41, 5.74) is 1.13. The van der Waals surface area contributed by atoms with Gasteiger partial charge in [-0.25, -0.2) is 14.7 Å². The van der Waals surface area contributed by atoms with Gasteiger partial charge in [0.2, 0.25) is 0 Å². The number of aromatic nitrogens is 3. The van der Waals surface area contributed by atoms with Crippen molar-refractivity contribution in [3.63, 3.8) is 0 Å². The lowest BCUT2D eigenvalue weighted by atomic mass is 9.96. The van der Waals surface area contributed by atoms with Crippen molar-refractivity contribution in [1.29, 1.82) is 0 Å². The van der Waals surface area contributed by atoms with Crippen LogP contribution < -0.4 is 15.4 Å². The van der Waals surface area contributed by atoms with Gasteiger partial charge in [-0.1, -0.05) is 18.2 Å². The lowest BCUT2D eigenvalue weighted by Crippen LogP contribution is -2.47. The maximum absolute atomic E-state index is 6.14. The van der Waals surface area contributed by atoms with E-state index >= 15 is 0 Å². The molecule has 2 N–H and O–H groups in total. The summed E-state index contributed by atoms with van der Waals surface area (Å²) in [6.45, 7) is 6.28. The normalized spacial score (nSPS) is 19.0. The number of benzene rings is 1. The molecule has 2 aromatic rings. The minimum Gasteiger partial charge on any atom is -0.490 e. The van der Waals surface area contributed by atoms with E-state index in [1.54, 1.807) is 0 Å². The van der Waals surface area contributed by atoms with Gasteiger partial charge in [0, 0.05) is 24.6 Å². The SMILES string of the molecule is CCNC(=NCc1ccccc1OC1CCC1)NC1CCc2nc(C)nn2C1.I. The first-order valence-electron chi connectivity index (χ1n) is 10.4. The van der Waals surface area contributed by atoms with Crippen LogP contribution in [0.2, 0.25) is 0 Å². The summed E-state index contributed by atoms with van der Waals surface area (Å²) >= 11 is 0. The van der Waals surface area contributed by atoms with E-state index in [-0.39, 0.29) is 24.0 Å². The first-order chi connectivity index (χ1) is 13.7. The first kappa shape index (κ1) is 21.9. The van der Waals surface area contributed by atoms with Crippen LogP contribution in [-0.4, -0.2) is 39.4 Å². The Bertz CT molecular complexity index is 832. The largest absolute Gasteiger partial charge is 0.490 e. The van der Waals surface area contributed by atoms with Gasteiger partial charge in [0.05, 0.1) is 19.2 Å². The second kappa shape index (κ2) is 10.3. The van der Waals surface area contributed by atoms with Crippen LogP contribution in [0.15, 0.2) is 29.3 Å². The van der Waals surface area contributed by atoms with Gasteiger partial charge in [0.15, 0.2) is 5.96 Å². The molecule has 1 atom stereocenters. The van der Waals surface area contributed by atoms with Gasteiger partial charge >= 0.3 is 0 Å². The maximum Gasteiger partial charge on any atom is 0.191 e. The molecule has 0 bridgehead atoms. The van der Waals surface area contributed by atoms with Gasteiger partial charge in [-0.3, -0.25) is 0 Å². The van der Waals surface area contributed by atoms with Crippen molar-refractivity contribution >= 4 is 29.9 Å². The summed E-state index contributed by atoms with van der Waals surface area (Å²) in [4.78, 5) is 9.31. The zero-order chi connectivity index (χ0) is 19.3. The molecular weight excluding hydrogens is 479 g/mol. The number of nitrogens with one attached hydrogen (secondary N) is 2. The van der Waals surface area contributed by atoms with Crippen LogP contribution >= 0.6 is 24.0 Å². The molecule has 1 saturated carbocycles. The average Bonchev–Trinajstić information content (AvgIpc) is 3.03. The molecule has 2 heterocycles. The molecule has 0 amide bonds. The quantitative estimate of drug-likeness (QED) is 0.355. The molecule has 158 valence electrons. The molecule has 2 aliphatic rings. The number of para-hydroxylation sites is 1. The molecular formula is C21H31IN6O. The molecule has 1 unspecified atom stereocenters. The topological polar surface area (TPSA) is 76.4 Å². The summed E-state index contributed by atoms with van der Waals surface area (Å²) in [6.07, 6.45) is 5.94. The van der Waals surface area contributed by atoms with Crippen LogP contribution in [0, 0.1) is 6.92 Å². The fraction of sp³-hybridized carbons (Fsp3) is 0.571. The van der Waals surface area contributed by atoms with Gasteiger partial charge in [-0.15, -0.1) is 24.0 Å². The molecule has 4 rings (SSSR count). The fourth-order valence-corrected chi connectivity index (χ4v) is 3.65. The monoisotopic (exact) mass is 510 g/mol. The Hall–Kier alpha value is -1.84. The second-order valence-corrected chi connectivity index (χ2v) is 7.61. The van der Waals surface area contributed by atoms with E-state index in [0.29, 0.717) is 18.7 Å². The molecule has 1 aromatic carbocycles. The van der Waals surface area contributed by atoms with Crippen LogP contribution in [-0.2, 0) is 19.5 Å². The van der Waals surface area contributed by atoms with E-state index in [4.69, 9.17) is 9.73 Å². The Morgan fingerprint density at radius 1 is 1.28 bits per heavy atom. The van der Waals surface area contributed by atoms with E-state index < -0.39 is 0 Å². The zero-order valence-corrected chi connectivity index (χ0v) is 19.6. The second-order valence-electron chi connectivity index (χ2n) is 7.61. The minimum atomic E-state index is 0. The Labute approximate surface area is 189 Å². The van der Waals surface area contributed by atoms with E-state index in [0.717, 1.165) is 67.7 Å². The third-order valence-corrected chi connectivity index (χ3v) is 5.37. The number of hydrogen-bond donors (Lipinski definition) is 2. The third kappa shape index (κ3) is 5.61. The molecule has 8 heteroatoms. The van der Waals surface area contributed by atoms with Crippen LogP contribution in [0.1, 0.15) is 49.8 Å². The molecule has 7 nitrogen and oxygen atoms in total. The Morgan fingerprint density at radius 3 is 2.86 bits per heavy atom. The molecule has 0 radical (unpaired) electrons. The van der Waals surface area contributed by atoms with Crippen molar-refractivity contribution in [2.24, 2.45) is 4.99 Å². The number of nitrogens with zero attached hydrogens (tertiary/aromatic N) is 4. The highest BCUT2D eigenvalue weighted by atomic mass is 127. The number of ether oxygens (including phenoxy) is 1. The molecule has 1 aliphatic heterocycles. The molecule has 0 spiro atoms. The lowest BCUT2D eigenvalue weighted by Gasteiger charge is -2.27. The van der Waals surface area contributed by atoms with Gasteiger partial charge in [0.1, 0.15) is 17.4 Å². The lowest BCUT2D eigenvalue weighted by molar-refractivity contribution is 0.119. The van der Waals surface area contributed by atoms with Gasteiger partial charge in [-0.05, 0) is 45.6 Å². The van der Waals surface area contributed by atoms with Gasteiger partial charge in [0.25, 0.3) is 0 Å². The fourth-order valence-electron chi connectivity index (χ4n) is 3.65. The molecule has 29 heavy (non-hydrogen) atoms. The van der Waals surface area contributed by atoms with Gasteiger partial charge < -0.3 is 15.4 Å². The van der Waals surface area contributed by atoms with Crippen LogP contribution in [0.5, 0.6) is 5.75 Å². The van der Waals surface area contributed by atoms with E-state index in [1.807, 2.05) is 17.7 Å². The third-order valence-electron chi connectivity index (χ3n) is 5.37. The summed E-state index contributed by atoms with van der Waals surface area (Å²) in [5, 5.41) is 11.4. The molecule has 0 saturated heterocycles. The Balaban J connectivity index is 0.00000240. The standard InChI is InChI=1S/C21H30N6O.HI/c1-3-22-21(25-17-11-12-20-24-15(2)26-27(20)14-17)23-13-16-7-4-5-10-19(16)28-18-8-6-9-18;/h4-5,7,10,17-18H,3,6,8-9,11-14H2,1-2H3,(H2,22,23,25);1H. The van der Waals surface area contributed by atoms with Crippen molar-refractivity contribution in [3.8, 4) is 5.75 Å². The predicted octanol–water partition coefficient (Wildman–Crippen LogP) is 3.21. The van der Waals surface area contributed by atoms with Crippen LogP contribution in [0.25, 0.3) is 0 Å². The van der Waals surface area contributed by atoms with Crippen LogP contribution in [0.4, 0.5) is 0 Å². The predicted molar refractivity (Wildman–Crippen MR) is 125 cm³/mol. The van der Waals surface area contributed by atoms with Crippen molar-refractivity contribution in [3.05, 3.63) is 41.5 Å². The number of fused-ring (bicyclic) bond motifs is 1. The molecule has 1 fully saturated rings. The smallest absolute Gasteiger partial charge is 0.191 e. The maximum atomic E-state index is 6.14. The van der Waals surface area contributed by atoms with Crippen LogP contribution in [0.3, 0.4) is 0 Å². The highest BCUT2D eigenvalue weighted by Crippen LogP contribution is 2.27. The Morgan fingerprint density at radius 2 is 2.10 bits per heavy atom. The summed E-state index contributed by atoms with van der Waals surface area (Å²) in [5.74, 6) is 3.73. The minimum absolute atomic E-state index is 0. The first-order valence-corrected chi connectivity index (χ1v) is 10.4. The number of aliphatic imine (C=N–C) groups is 1. The number of halogens is 1. The Kier molecular flexibility index (Phi) is 7.74. The average molecular weight is 510 g/mol. The summed E-state index contributed by atoms with van der Waals surface area (Å²) < 4.78 is 8.15. The van der Waals surface area contributed by atoms with E-state index in [1.165, 1.54) is 6.42 Å². The summed E-state index contributed by atoms with van der Waals surface area (Å²) in [7, 11) is 0. The molecule has 1 aromatic heterocycles. The van der Waals surface area contributed by atoms with Crippen molar-refractivity contribution in [1.82, 2.24) is 25.4 Å². The highest BCUT2D eigenvalue weighted by Gasteiger charge is 2.22. The number of hydrogen-bond acceptors (Lipinski definition) is 4. The highest BCUT2D eigenvalue weighted by molar-refractivity contribution is 14.0. The number of aryl methyl sites for hydroxylation is 2. The van der Waals surface area contributed by atoms with Crippen molar-refractivity contribution in [2.75, 3.05) is 6.54 Å².